The van der Waals surface area contributed by atoms with Crippen molar-refractivity contribution in [2.45, 2.75) is 38.3 Å². The molecule has 142 valence electrons. The van der Waals surface area contributed by atoms with E-state index in [1.165, 1.54) is 0 Å². The van der Waals surface area contributed by atoms with Crippen LogP contribution in [0.3, 0.4) is 0 Å². The maximum Gasteiger partial charge on any atom is 0.284 e. The number of ether oxygens (including phenoxy) is 2. The molecule has 1 amide bonds. The Hall–Kier alpha value is -2.18. The summed E-state index contributed by atoms with van der Waals surface area (Å²) in [6, 6.07) is 11.1. The molecule has 26 heavy (non-hydrogen) atoms. The van der Waals surface area contributed by atoms with E-state index in [4.69, 9.17) is 20.0 Å². The molecule has 1 aromatic carbocycles. The van der Waals surface area contributed by atoms with Crippen molar-refractivity contribution in [3.63, 3.8) is 0 Å². The summed E-state index contributed by atoms with van der Waals surface area (Å²) < 4.78 is 11.4. The van der Waals surface area contributed by atoms with E-state index in [0.29, 0.717) is 31.7 Å². The van der Waals surface area contributed by atoms with Gasteiger partial charge in [-0.15, -0.1) is 5.06 Å². The van der Waals surface area contributed by atoms with Crippen LogP contribution in [0.4, 0.5) is 0 Å². The first-order valence-corrected chi connectivity index (χ1v) is 8.66. The number of para-hydroxylation sites is 1. The van der Waals surface area contributed by atoms with Crippen molar-refractivity contribution < 1.29 is 19.1 Å². The summed E-state index contributed by atoms with van der Waals surface area (Å²) in [5.41, 5.74) is 5.32. The predicted molar refractivity (Wildman–Crippen MR) is 94.5 cm³/mol. The Morgan fingerprint density at radius 2 is 2.15 bits per heavy atom. The number of hydrogen-bond acceptors (Lipinski definition) is 7. The van der Waals surface area contributed by atoms with Gasteiger partial charge >= 0.3 is 0 Å². The Labute approximate surface area is 154 Å². The number of hydrogen-bond donors (Lipinski definition) is 1. The number of hydroxylamine groups is 2. The van der Waals surface area contributed by atoms with Gasteiger partial charge in [0, 0.05) is 13.7 Å². The third-order valence-corrected chi connectivity index (χ3v) is 4.19. The van der Waals surface area contributed by atoms with Crippen molar-refractivity contribution in [2.24, 2.45) is 5.73 Å². The van der Waals surface area contributed by atoms with Crippen molar-refractivity contribution in [1.82, 2.24) is 9.96 Å². The van der Waals surface area contributed by atoms with Crippen LogP contribution in [0.15, 0.2) is 30.3 Å². The lowest BCUT2D eigenvalue weighted by molar-refractivity contribution is -0.325. The van der Waals surface area contributed by atoms with E-state index in [2.05, 4.69) is 6.07 Å². The highest BCUT2D eigenvalue weighted by atomic mass is 16.8. The second-order valence-electron chi connectivity index (χ2n) is 6.02. The van der Waals surface area contributed by atoms with E-state index in [1.807, 2.05) is 37.3 Å². The van der Waals surface area contributed by atoms with Crippen molar-refractivity contribution in [1.29, 1.82) is 5.26 Å². The fraction of sp³-hybridized carbons (Fsp3) is 0.556. The predicted octanol–water partition coefficient (Wildman–Crippen LogP) is 1.09. The maximum atomic E-state index is 11.3. The first-order valence-electron chi connectivity index (χ1n) is 8.66. The van der Waals surface area contributed by atoms with Gasteiger partial charge < -0.3 is 15.2 Å². The zero-order valence-corrected chi connectivity index (χ0v) is 15.2. The molecule has 8 nitrogen and oxygen atoms in total. The summed E-state index contributed by atoms with van der Waals surface area (Å²) in [5, 5.41) is 11.0. The average Bonchev–Trinajstić information content (AvgIpc) is 2.65. The van der Waals surface area contributed by atoms with Gasteiger partial charge in [-0.1, -0.05) is 18.2 Å². The lowest BCUT2D eigenvalue weighted by Gasteiger charge is -2.42. The Kier molecular flexibility index (Phi) is 7.81. The number of carbonyl (C=O) groups excluding carboxylic acids is 1. The van der Waals surface area contributed by atoms with Gasteiger partial charge in [0.25, 0.3) is 6.41 Å². The Balaban J connectivity index is 2.13. The number of primary amides is 1. The van der Waals surface area contributed by atoms with Crippen LogP contribution in [0.25, 0.3) is 0 Å². The van der Waals surface area contributed by atoms with Crippen LogP contribution in [0, 0.1) is 11.3 Å². The van der Waals surface area contributed by atoms with E-state index < -0.39 is 12.3 Å². The van der Waals surface area contributed by atoms with E-state index in [9.17, 15) is 10.1 Å². The molecule has 1 fully saturated rings. The number of amides is 1. The first-order chi connectivity index (χ1) is 12.6. The minimum Gasteiger partial charge on any atom is -0.449 e. The van der Waals surface area contributed by atoms with Gasteiger partial charge in [0.1, 0.15) is 5.75 Å². The zero-order chi connectivity index (χ0) is 18.9. The highest BCUT2D eigenvalue weighted by Gasteiger charge is 2.36. The molecule has 1 heterocycles. The van der Waals surface area contributed by atoms with Gasteiger partial charge in [0.05, 0.1) is 31.3 Å². The summed E-state index contributed by atoms with van der Waals surface area (Å²) in [5.74, 6) is 0.196. The summed E-state index contributed by atoms with van der Waals surface area (Å²) >= 11 is 0. The highest BCUT2D eigenvalue weighted by Crippen LogP contribution is 2.24. The number of likely N-dealkylation sites (tertiary alicyclic amines) is 1. The van der Waals surface area contributed by atoms with Crippen LogP contribution < -0.4 is 10.5 Å². The second-order valence-corrected chi connectivity index (χ2v) is 6.02. The molecule has 0 saturated carbocycles. The van der Waals surface area contributed by atoms with Crippen LogP contribution in [0.1, 0.15) is 19.8 Å². The topological polar surface area (TPSA) is 101 Å². The van der Waals surface area contributed by atoms with Crippen LogP contribution in [0.5, 0.6) is 5.75 Å². The first kappa shape index (κ1) is 20.1. The van der Waals surface area contributed by atoms with E-state index >= 15 is 0 Å². The monoisotopic (exact) mass is 362 g/mol. The quantitative estimate of drug-likeness (QED) is 0.518. The molecule has 2 rings (SSSR count). The molecule has 0 bridgehead atoms. The molecule has 1 aliphatic heterocycles. The van der Waals surface area contributed by atoms with Gasteiger partial charge in [-0.05, 0) is 31.9 Å². The number of nitrogens with zero attached hydrogens (tertiary/aromatic N) is 3. The smallest absolute Gasteiger partial charge is 0.284 e. The van der Waals surface area contributed by atoms with Gasteiger partial charge in [0.2, 0.25) is 5.91 Å². The SMILES string of the molecule is CCON(C(OC)Oc1ccccc1)[C@@H]1CC[C@@H](C#N)N(CC(N)=O)C1. The van der Waals surface area contributed by atoms with E-state index in [1.54, 1.807) is 17.1 Å². The minimum atomic E-state index is -0.753. The zero-order valence-electron chi connectivity index (χ0n) is 15.2. The normalized spacial score (nSPS) is 21.9. The molecule has 8 heteroatoms. The number of methoxy groups -OCH3 is 1. The lowest BCUT2D eigenvalue weighted by atomic mass is 9.99. The summed E-state index contributed by atoms with van der Waals surface area (Å²) in [4.78, 5) is 18.9. The van der Waals surface area contributed by atoms with Gasteiger partial charge in [-0.2, -0.15) is 5.26 Å². The van der Waals surface area contributed by atoms with Crippen molar-refractivity contribution in [2.75, 3.05) is 26.8 Å². The lowest BCUT2D eigenvalue weighted by Crippen LogP contribution is -2.57. The number of nitriles is 1. The van der Waals surface area contributed by atoms with Gasteiger partial charge in [-0.3, -0.25) is 14.5 Å². The molecule has 1 aromatic rings. The Bertz CT molecular complexity index is 607. The third kappa shape index (κ3) is 5.41. The number of rotatable bonds is 9. The van der Waals surface area contributed by atoms with Crippen LogP contribution in [-0.2, 0) is 14.4 Å². The number of carbonyl (C=O) groups is 1. The Morgan fingerprint density at radius 3 is 2.73 bits per heavy atom. The maximum absolute atomic E-state index is 11.3. The molecule has 1 aliphatic rings. The molecular formula is C18H26N4O4. The molecule has 0 aliphatic carbocycles. The molecule has 3 atom stereocenters. The second kappa shape index (κ2) is 10.1. The molecule has 0 aromatic heterocycles. The van der Waals surface area contributed by atoms with Gasteiger partial charge in [0.15, 0.2) is 0 Å². The van der Waals surface area contributed by atoms with Crippen LogP contribution in [0.2, 0.25) is 0 Å². The third-order valence-electron chi connectivity index (χ3n) is 4.19. The largest absolute Gasteiger partial charge is 0.449 e. The molecular weight excluding hydrogens is 336 g/mol. The van der Waals surface area contributed by atoms with Crippen molar-refractivity contribution >= 4 is 5.91 Å². The molecule has 0 spiro atoms. The highest BCUT2D eigenvalue weighted by molar-refractivity contribution is 5.76. The average molecular weight is 362 g/mol. The van der Waals surface area contributed by atoms with E-state index in [0.717, 1.165) is 0 Å². The fourth-order valence-electron chi connectivity index (χ4n) is 3.06. The standard InChI is InChI=1S/C18H26N4O4/c1-3-25-22(18(24-2)26-16-7-5-4-6-8-16)15-10-9-14(11-19)21(12-15)13-17(20)23/h4-8,14-15,18H,3,9-10,12-13H2,1-2H3,(H2,20,23)/t14-,15+,18?/m0/s1. The summed E-state index contributed by atoms with van der Waals surface area (Å²) in [6.07, 6.45) is 0.571. The van der Waals surface area contributed by atoms with Crippen LogP contribution >= 0.6 is 0 Å². The number of benzene rings is 1. The molecule has 0 radical (unpaired) electrons. The van der Waals surface area contributed by atoms with Crippen molar-refractivity contribution in [3.8, 4) is 11.8 Å². The molecule has 1 unspecified atom stereocenters. The van der Waals surface area contributed by atoms with Crippen LogP contribution in [-0.4, -0.2) is 61.2 Å². The number of nitrogens with two attached hydrogens (primary N) is 1. The number of piperidine rings is 1. The Morgan fingerprint density at radius 1 is 1.42 bits per heavy atom. The summed E-state index contributed by atoms with van der Waals surface area (Å²) in [7, 11) is 1.54. The summed E-state index contributed by atoms with van der Waals surface area (Å²) in [6.45, 7) is 2.81. The van der Waals surface area contributed by atoms with Crippen molar-refractivity contribution in [3.05, 3.63) is 30.3 Å². The molecule has 2 N–H and O–H groups in total. The minimum absolute atomic E-state index is 0.0336. The molecule has 1 saturated heterocycles. The van der Waals surface area contributed by atoms with Gasteiger partial charge in [-0.25, -0.2) is 0 Å². The fourth-order valence-corrected chi connectivity index (χ4v) is 3.06. The van der Waals surface area contributed by atoms with E-state index in [-0.39, 0.29) is 18.6 Å².